The highest BCUT2D eigenvalue weighted by molar-refractivity contribution is 6.03. The van der Waals surface area contributed by atoms with E-state index in [9.17, 15) is 9.59 Å². The highest BCUT2D eigenvalue weighted by atomic mass is 16.3. The number of likely N-dealkylation sites (tertiary alicyclic amines) is 2. The Balaban J connectivity index is 1.21. The lowest BCUT2D eigenvalue weighted by Crippen LogP contribution is -2.45. The second-order valence-electron chi connectivity index (χ2n) is 10.2. The molecule has 4 heterocycles. The molecule has 1 aromatic heterocycles. The van der Waals surface area contributed by atoms with E-state index in [1.807, 2.05) is 12.1 Å². The van der Waals surface area contributed by atoms with E-state index >= 15 is 0 Å². The number of hydrogen-bond acceptors (Lipinski definition) is 5. The number of hydrazone groups is 1. The van der Waals surface area contributed by atoms with Crippen LogP contribution in [0.4, 0.5) is 0 Å². The number of rotatable bonds is 5. The van der Waals surface area contributed by atoms with Crippen molar-refractivity contribution in [2.45, 2.75) is 57.9 Å². The number of hydrogen-bond donors (Lipinski definition) is 0. The lowest BCUT2D eigenvalue weighted by molar-refractivity contribution is -0.138. The van der Waals surface area contributed by atoms with Crippen LogP contribution in [0.25, 0.3) is 0 Å². The van der Waals surface area contributed by atoms with Gasteiger partial charge in [-0.25, -0.2) is 5.01 Å². The van der Waals surface area contributed by atoms with Gasteiger partial charge in [-0.15, -0.1) is 0 Å². The number of piperidine rings is 1. The minimum absolute atomic E-state index is 0.0224. The molecule has 7 heteroatoms. The zero-order chi connectivity index (χ0) is 24.2. The minimum Gasteiger partial charge on any atom is -0.467 e. The fourth-order valence-electron chi connectivity index (χ4n) is 5.51. The van der Waals surface area contributed by atoms with E-state index in [1.165, 1.54) is 18.4 Å². The molecule has 3 aliphatic rings. The van der Waals surface area contributed by atoms with Gasteiger partial charge in [-0.3, -0.25) is 14.5 Å². The average Bonchev–Trinajstić information content (AvgIpc) is 3.49. The molecule has 35 heavy (non-hydrogen) atoms. The van der Waals surface area contributed by atoms with Gasteiger partial charge in [-0.2, -0.15) is 5.10 Å². The van der Waals surface area contributed by atoms with E-state index in [1.54, 1.807) is 11.3 Å². The third-order valence-electron chi connectivity index (χ3n) is 7.64. The van der Waals surface area contributed by atoms with E-state index in [0.29, 0.717) is 18.9 Å². The summed E-state index contributed by atoms with van der Waals surface area (Å²) in [5.74, 6) is 1.15. The second kappa shape index (κ2) is 10.8. The molecular formula is C28H36N4O3. The number of carbonyl (C=O) groups is 2. The van der Waals surface area contributed by atoms with Gasteiger partial charge in [0.2, 0.25) is 5.91 Å². The summed E-state index contributed by atoms with van der Waals surface area (Å²) in [4.78, 5) is 30.7. The monoisotopic (exact) mass is 476 g/mol. The van der Waals surface area contributed by atoms with E-state index < -0.39 is 0 Å². The van der Waals surface area contributed by atoms with Crippen LogP contribution in [0.5, 0.6) is 0 Å². The third-order valence-corrected chi connectivity index (χ3v) is 7.64. The Bertz CT molecular complexity index is 1030. The SMILES string of the molecule is Cc1ccc(C2=NN(C(=O)CN3CCC(C(=O)N4CCCCCC4)CC3)C(c3ccco3)C2)cc1. The average molecular weight is 477 g/mol. The number of carbonyl (C=O) groups excluding carboxylic acids is 2. The van der Waals surface area contributed by atoms with Crippen molar-refractivity contribution in [3.8, 4) is 0 Å². The molecule has 1 unspecified atom stereocenters. The molecule has 2 amide bonds. The predicted molar refractivity (Wildman–Crippen MR) is 135 cm³/mol. The molecule has 0 N–H and O–H groups in total. The number of amides is 2. The Morgan fingerprint density at radius 1 is 0.971 bits per heavy atom. The van der Waals surface area contributed by atoms with Crippen LogP contribution in [0.2, 0.25) is 0 Å². The summed E-state index contributed by atoms with van der Waals surface area (Å²) in [6.07, 6.45) is 8.63. The van der Waals surface area contributed by atoms with E-state index in [4.69, 9.17) is 9.52 Å². The first-order valence-corrected chi connectivity index (χ1v) is 13.1. The molecule has 3 aliphatic heterocycles. The van der Waals surface area contributed by atoms with Crippen molar-refractivity contribution in [3.63, 3.8) is 0 Å². The molecule has 2 aromatic rings. The first kappa shape index (κ1) is 23.8. The van der Waals surface area contributed by atoms with E-state index in [-0.39, 0.29) is 17.9 Å². The van der Waals surface area contributed by atoms with Crippen LogP contribution in [0.15, 0.2) is 52.2 Å². The molecule has 0 bridgehead atoms. The Kier molecular flexibility index (Phi) is 7.32. The van der Waals surface area contributed by atoms with Crippen molar-refractivity contribution in [2.24, 2.45) is 11.0 Å². The Labute approximate surface area is 207 Å². The molecule has 186 valence electrons. The summed E-state index contributed by atoms with van der Waals surface area (Å²) < 4.78 is 5.68. The van der Waals surface area contributed by atoms with Crippen LogP contribution in [-0.2, 0) is 9.59 Å². The van der Waals surface area contributed by atoms with Crippen molar-refractivity contribution < 1.29 is 14.0 Å². The number of aryl methyl sites for hydroxylation is 1. The van der Waals surface area contributed by atoms with Crippen molar-refractivity contribution in [1.29, 1.82) is 0 Å². The molecule has 0 spiro atoms. The van der Waals surface area contributed by atoms with Gasteiger partial charge in [0.05, 0.1) is 18.5 Å². The zero-order valence-corrected chi connectivity index (χ0v) is 20.7. The lowest BCUT2D eigenvalue weighted by atomic mass is 9.95. The Morgan fingerprint density at radius 3 is 2.34 bits per heavy atom. The smallest absolute Gasteiger partial charge is 0.257 e. The van der Waals surface area contributed by atoms with Crippen LogP contribution in [0.1, 0.15) is 67.9 Å². The first-order chi connectivity index (χ1) is 17.1. The van der Waals surface area contributed by atoms with Crippen molar-refractivity contribution in [3.05, 3.63) is 59.5 Å². The van der Waals surface area contributed by atoms with Gasteiger partial charge in [0.1, 0.15) is 11.8 Å². The molecule has 0 radical (unpaired) electrons. The topological polar surface area (TPSA) is 69.4 Å². The van der Waals surface area contributed by atoms with Gasteiger partial charge in [-0.1, -0.05) is 42.7 Å². The van der Waals surface area contributed by atoms with Gasteiger partial charge in [-0.05, 0) is 63.4 Å². The molecule has 5 rings (SSSR count). The lowest BCUT2D eigenvalue weighted by Gasteiger charge is -2.34. The summed E-state index contributed by atoms with van der Waals surface area (Å²) >= 11 is 0. The predicted octanol–water partition coefficient (Wildman–Crippen LogP) is 4.38. The minimum atomic E-state index is -0.226. The third kappa shape index (κ3) is 5.50. The Morgan fingerprint density at radius 2 is 1.69 bits per heavy atom. The number of furan rings is 1. The maximum Gasteiger partial charge on any atom is 0.257 e. The molecule has 1 aromatic carbocycles. The summed E-state index contributed by atoms with van der Waals surface area (Å²) in [7, 11) is 0. The number of nitrogens with zero attached hydrogens (tertiary/aromatic N) is 4. The van der Waals surface area contributed by atoms with Crippen LogP contribution in [0.3, 0.4) is 0 Å². The highest BCUT2D eigenvalue weighted by Crippen LogP contribution is 2.33. The van der Waals surface area contributed by atoms with E-state index in [0.717, 1.165) is 68.9 Å². The Hall–Kier alpha value is -2.93. The maximum absolute atomic E-state index is 13.4. The van der Waals surface area contributed by atoms with Crippen molar-refractivity contribution in [1.82, 2.24) is 14.8 Å². The van der Waals surface area contributed by atoms with Gasteiger partial charge >= 0.3 is 0 Å². The van der Waals surface area contributed by atoms with Gasteiger partial charge in [0.25, 0.3) is 5.91 Å². The summed E-state index contributed by atoms with van der Waals surface area (Å²) in [6.45, 7) is 5.72. The molecule has 2 saturated heterocycles. The quantitative estimate of drug-likeness (QED) is 0.642. The van der Waals surface area contributed by atoms with Crippen LogP contribution < -0.4 is 0 Å². The first-order valence-electron chi connectivity index (χ1n) is 13.1. The van der Waals surface area contributed by atoms with Gasteiger partial charge in [0, 0.05) is 25.4 Å². The van der Waals surface area contributed by atoms with Crippen LogP contribution >= 0.6 is 0 Å². The molecule has 0 aliphatic carbocycles. The summed E-state index contributed by atoms with van der Waals surface area (Å²) in [6, 6.07) is 11.8. The fourth-order valence-corrected chi connectivity index (χ4v) is 5.51. The standard InChI is InChI=1S/C28H36N4O3/c1-21-8-10-22(11-9-21)24-19-25(26-7-6-18-35-26)32(29-24)27(33)20-30-16-12-23(13-17-30)28(34)31-14-4-2-3-5-15-31/h6-11,18,23,25H,2-5,12-17,19-20H2,1H3. The second-order valence-corrected chi connectivity index (χ2v) is 10.2. The molecular weight excluding hydrogens is 440 g/mol. The fraction of sp³-hybridized carbons (Fsp3) is 0.536. The largest absolute Gasteiger partial charge is 0.467 e. The van der Waals surface area contributed by atoms with Crippen molar-refractivity contribution in [2.75, 3.05) is 32.7 Å². The summed E-state index contributed by atoms with van der Waals surface area (Å²) in [5.41, 5.74) is 3.14. The van der Waals surface area contributed by atoms with Crippen LogP contribution in [0, 0.1) is 12.8 Å². The van der Waals surface area contributed by atoms with E-state index in [2.05, 4.69) is 41.0 Å². The molecule has 2 fully saturated rings. The molecule has 7 nitrogen and oxygen atoms in total. The molecule has 0 saturated carbocycles. The number of benzene rings is 1. The normalized spacial score (nSPS) is 22.2. The van der Waals surface area contributed by atoms with Gasteiger partial charge in [0.15, 0.2) is 0 Å². The maximum atomic E-state index is 13.4. The van der Waals surface area contributed by atoms with Crippen LogP contribution in [-0.4, -0.2) is 65.1 Å². The molecule has 1 atom stereocenters. The summed E-state index contributed by atoms with van der Waals surface area (Å²) in [5, 5.41) is 6.37. The van der Waals surface area contributed by atoms with Gasteiger partial charge < -0.3 is 9.32 Å². The highest BCUT2D eigenvalue weighted by Gasteiger charge is 2.36. The van der Waals surface area contributed by atoms with Crippen molar-refractivity contribution >= 4 is 17.5 Å². The zero-order valence-electron chi connectivity index (χ0n) is 20.7.